The van der Waals surface area contributed by atoms with E-state index in [0.717, 1.165) is 18.3 Å². The van der Waals surface area contributed by atoms with Crippen molar-refractivity contribution >= 4 is 11.5 Å². The molecular formula is C15H25N3O. The van der Waals surface area contributed by atoms with Crippen LogP contribution in [0.3, 0.4) is 0 Å². The lowest BCUT2D eigenvalue weighted by molar-refractivity contribution is 0.329. The van der Waals surface area contributed by atoms with Crippen LogP contribution in [0.4, 0.5) is 11.5 Å². The van der Waals surface area contributed by atoms with Gasteiger partial charge >= 0.3 is 0 Å². The van der Waals surface area contributed by atoms with Gasteiger partial charge < -0.3 is 15.8 Å². The van der Waals surface area contributed by atoms with Crippen molar-refractivity contribution in [2.75, 3.05) is 24.2 Å². The average Bonchev–Trinajstić information content (AvgIpc) is 2.44. The molecule has 4 heteroatoms. The van der Waals surface area contributed by atoms with E-state index in [1.165, 1.54) is 38.5 Å². The van der Waals surface area contributed by atoms with E-state index in [1.807, 2.05) is 19.1 Å². The molecule has 4 nitrogen and oxygen atoms in total. The number of hydrogen-bond donors (Lipinski definition) is 2. The third kappa shape index (κ3) is 4.30. The van der Waals surface area contributed by atoms with Gasteiger partial charge in [0.2, 0.25) is 5.88 Å². The van der Waals surface area contributed by atoms with Crippen LogP contribution >= 0.6 is 0 Å². The van der Waals surface area contributed by atoms with Crippen LogP contribution < -0.4 is 15.8 Å². The quantitative estimate of drug-likeness (QED) is 0.825. The lowest BCUT2D eigenvalue weighted by Crippen LogP contribution is -2.13. The lowest BCUT2D eigenvalue weighted by atomic mass is 9.87. The average molecular weight is 263 g/mol. The van der Waals surface area contributed by atoms with Gasteiger partial charge in [-0.1, -0.05) is 32.1 Å². The van der Waals surface area contributed by atoms with Crippen molar-refractivity contribution in [2.45, 2.75) is 45.4 Å². The second-order valence-electron chi connectivity index (χ2n) is 5.24. The monoisotopic (exact) mass is 263 g/mol. The Labute approximate surface area is 115 Å². The molecule has 2 rings (SSSR count). The molecule has 0 radical (unpaired) electrons. The summed E-state index contributed by atoms with van der Waals surface area (Å²) in [6.45, 7) is 3.50. The molecule has 0 amide bonds. The minimum Gasteiger partial charge on any atom is -0.476 e. The molecule has 1 heterocycles. The molecule has 0 aromatic carbocycles. The summed E-state index contributed by atoms with van der Waals surface area (Å²) in [7, 11) is 0. The van der Waals surface area contributed by atoms with Gasteiger partial charge in [-0.25, -0.2) is 0 Å². The van der Waals surface area contributed by atoms with Gasteiger partial charge in [-0.3, -0.25) is 0 Å². The predicted molar refractivity (Wildman–Crippen MR) is 79.5 cm³/mol. The Hall–Kier alpha value is -1.45. The van der Waals surface area contributed by atoms with Crippen LogP contribution in [0.15, 0.2) is 12.1 Å². The van der Waals surface area contributed by atoms with Crippen molar-refractivity contribution in [3.63, 3.8) is 0 Å². The number of pyridine rings is 1. The number of hydrogen-bond acceptors (Lipinski definition) is 4. The minimum atomic E-state index is 0.533. The summed E-state index contributed by atoms with van der Waals surface area (Å²) in [6.07, 6.45) is 8.23. The number of ether oxygens (including phenoxy) is 1. The van der Waals surface area contributed by atoms with Crippen molar-refractivity contribution in [3.8, 4) is 5.88 Å². The van der Waals surface area contributed by atoms with Crippen molar-refractivity contribution in [3.05, 3.63) is 12.1 Å². The van der Waals surface area contributed by atoms with Gasteiger partial charge in [-0.15, -0.1) is 0 Å². The Bertz CT molecular complexity index is 389. The normalized spacial score (nSPS) is 16.3. The zero-order chi connectivity index (χ0) is 13.5. The van der Waals surface area contributed by atoms with Crippen molar-refractivity contribution in [1.29, 1.82) is 0 Å². The summed E-state index contributed by atoms with van der Waals surface area (Å²) in [5.74, 6) is 2.28. The van der Waals surface area contributed by atoms with Crippen LogP contribution in [0, 0.1) is 5.92 Å². The van der Waals surface area contributed by atoms with E-state index in [4.69, 9.17) is 10.5 Å². The summed E-state index contributed by atoms with van der Waals surface area (Å²) in [4.78, 5) is 4.39. The fourth-order valence-corrected chi connectivity index (χ4v) is 2.68. The molecule has 0 atom stereocenters. The molecule has 1 aromatic rings. The number of nitrogen functional groups attached to an aromatic ring is 1. The summed E-state index contributed by atoms with van der Waals surface area (Å²) in [6, 6.07) is 3.76. The Morgan fingerprint density at radius 3 is 2.84 bits per heavy atom. The standard InChI is InChI=1S/C15H25N3O/c1-2-19-15-13(16)8-9-14(18-15)17-11-10-12-6-4-3-5-7-12/h8-9,12H,2-7,10-11,16H2,1H3,(H,17,18). The predicted octanol–water partition coefficient (Wildman–Crippen LogP) is 3.44. The largest absolute Gasteiger partial charge is 0.476 e. The van der Waals surface area contributed by atoms with E-state index in [0.29, 0.717) is 18.2 Å². The van der Waals surface area contributed by atoms with E-state index in [1.54, 1.807) is 0 Å². The Kier molecular flexibility index (Phi) is 5.31. The summed E-state index contributed by atoms with van der Waals surface area (Å²) < 4.78 is 5.40. The van der Waals surface area contributed by atoms with Crippen LogP contribution in [-0.2, 0) is 0 Å². The second-order valence-corrected chi connectivity index (χ2v) is 5.24. The number of aromatic nitrogens is 1. The fraction of sp³-hybridized carbons (Fsp3) is 0.667. The highest BCUT2D eigenvalue weighted by molar-refractivity contribution is 5.53. The smallest absolute Gasteiger partial charge is 0.239 e. The molecule has 0 unspecified atom stereocenters. The molecule has 1 aliphatic carbocycles. The van der Waals surface area contributed by atoms with Crippen LogP contribution in [0.1, 0.15) is 45.4 Å². The molecule has 1 fully saturated rings. The van der Waals surface area contributed by atoms with E-state index in [-0.39, 0.29) is 0 Å². The van der Waals surface area contributed by atoms with E-state index >= 15 is 0 Å². The van der Waals surface area contributed by atoms with Gasteiger partial charge in [0, 0.05) is 6.54 Å². The molecule has 0 bridgehead atoms. The molecule has 0 spiro atoms. The lowest BCUT2D eigenvalue weighted by Gasteiger charge is -2.21. The topological polar surface area (TPSA) is 60.2 Å². The summed E-state index contributed by atoms with van der Waals surface area (Å²) in [5.41, 5.74) is 6.40. The van der Waals surface area contributed by atoms with Gasteiger partial charge in [-0.05, 0) is 31.4 Å². The van der Waals surface area contributed by atoms with Gasteiger partial charge in [0.25, 0.3) is 0 Å². The first-order valence-electron chi connectivity index (χ1n) is 7.42. The molecule has 19 heavy (non-hydrogen) atoms. The zero-order valence-electron chi connectivity index (χ0n) is 11.8. The molecule has 1 aromatic heterocycles. The van der Waals surface area contributed by atoms with Crippen molar-refractivity contribution in [2.24, 2.45) is 5.92 Å². The first-order valence-corrected chi connectivity index (χ1v) is 7.42. The van der Waals surface area contributed by atoms with Crippen molar-refractivity contribution in [1.82, 2.24) is 4.98 Å². The minimum absolute atomic E-state index is 0.533. The third-order valence-electron chi connectivity index (χ3n) is 3.75. The highest BCUT2D eigenvalue weighted by atomic mass is 16.5. The molecule has 106 valence electrons. The van der Waals surface area contributed by atoms with E-state index in [2.05, 4.69) is 10.3 Å². The molecule has 0 saturated heterocycles. The number of nitrogens with zero attached hydrogens (tertiary/aromatic N) is 1. The van der Waals surface area contributed by atoms with Crippen molar-refractivity contribution < 1.29 is 4.74 Å². The maximum atomic E-state index is 5.81. The maximum Gasteiger partial charge on any atom is 0.239 e. The van der Waals surface area contributed by atoms with E-state index < -0.39 is 0 Å². The first-order chi connectivity index (χ1) is 9.29. The SMILES string of the molecule is CCOc1nc(NCCC2CCCCC2)ccc1N. The van der Waals surface area contributed by atoms with E-state index in [9.17, 15) is 0 Å². The maximum absolute atomic E-state index is 5.81. The number of nitrogens with one attached hydrogen (secondary N) is 1. The van der Waals surface area contributed by atoms with Crippen LogP contribution in [-0.4, -0.2) is 18.1 Å². The highest BCUT2D eigenvalue weighted by Gasteiger charge is 2.12. The van der Waals surface area contributed by atoms with Crippen LogP contribution in [0.2, 0.25) is 0 Å². The Morgan fingerprint density at radius 2 is 2.11 bits per heavy atom. The third-order valence-corrected chi connectivity index (χ3v) is 3.75. The van der Waals surface area contributed by atoms with Crippen LogP contribution in [0.25, 0.3) is 0 Å². The Balaban J connectivity index is 1.80. The highest BCUT2D eigenvalue weighted by Crippen LogP contribution is 2.26. The molecule has 1 saturated carbocycles. The van der Waals surface area contributed by atoms with Gasteiger partial charge in [0.05, 0.1) is 12.3 Å². The summed E-state index contributed by atoms with van der Waals surface area (Å²) >= 11 is 0. The molecular weight excluding hydrogens is 238 g/mol. The second kappa shape index (κ2) is 7.22. The number of nitrogens with two attached hydrogens (primary N) is 1. The molecule has 1 aliphatic rings. The molecule has 0 aliphatic heterocycles. The molecule has 3 N–H and O–H groups in total. The van der Waals surface area contributed by atoms with Crippen LogP contribution in [0.5, 0.6) is 5.88 Å². The van der Waals surface area contributed by atoms with Gasteiger partial charge in [0.1, 0.15) is 5.82 Å². The zero-order valence-corrected chi connectivity index (χ0v) is 11.8. The first kappa shape index (κ1) is 14.0. The van der Waals surface area contributed by atoms with Gasteiger partial charge in [-0.2, -0.15) is 4.98 Å². The number of rotatable bonds is 6. The Morgan fingerprint density at radius 1 is 1.32 bits per heavy atom. The number of anilines is 2. The summed E-state index contributed by atoms with van der Waals surface area (Å²) in [5, 5.41) is 3.37. The fourth-order valence-electron chi connectivity index (χ4n) is 2.68. The van der Waals surface area contributed by atoms with Gasteiger partial charge in [0.15, 0.2) is 0 Å².